The zero-order chi connectivity index (χ0) is 12.4. The Balaban J connectivity index is 2.10. The number of rotatable bonds is 6. The van der Waals surface area contributed by atoms with Crippen molar-refractivity contribution in [3.8, 4) is 0 Å². The molecule has 1 saturated carbocycles. The number of aromatic nitrogens is 1. The van der Waals surface area contributed by atoms with Crippen molar-refractivity contribution in [1.29, 1.82) is 0 Å². The first-order valence-corrected chi connectivity index (χ1v) is 6.73. The zero-order valence-corrected chi connectivity index (χ0v) is 11.1. The Hall–Kier alpha value is -0.940. The van der Waals surface area contributed by atoms with Crippen LogP contribution in [0.2, 0.25) is 0 Å². The lowest BCUT2D eigenvalue weighted by Crippen LogP contribution is -2.10. The summed E-state index contributed by atoms with van der Waals surface area (Å²) in [6.07, 6.45) is 3.27. The van der Waals surface area contributed by atoms with Gasteiger partial charge in [0.1, 0.15) is 5.01 Å². The van der Waals surface area contributed by atoms with Gasteiger partial charge in [-0.1, -0.05) is 0 Å². The third-order valence-electron chi connectivity index (χ3n) is 2.75. The van der Waals surface area contributed by atoms with Gasteiger partial charge in [-0.05, 0) is 33.4 Å². The SMILES string of the molecule is CN(C)Cc1nc(C2CC2)c(CCC(=O)O)s1. The van der Waals surface area contributed by atoms with Crippen LogP contribution in [0.5, 0.6) is 0 Å². The van der Waals surface area contributed by atoms with Crippen LogP contribution in [-0.2, 0) is 17.8 Å². The molecule has 0 unspecified atom stereocenters. The molecule has 17 heavy (non-hydrogen) atoms. The first-order chi connectivity index (χ1) is 8.06. The van der Waals surface area contributed by atoms with Crippen molar-refractivity contribution >= 4 is 17.3 Å². The van der Waals surface area contributed by atoms with E-state index in [9.17, 15) is 4.79 Å². The number of aryl methyl sites for hydroxylation is 1. The quantitative estimate of drug-likeness (QED) is 0.844. The second-order valence-electron chi connectivity index (χ2n) is 4.82. The molecule has 94 valence electrons. The Bertz CT molecular complexity index is 411. The number of carboxylic acid groups (broad SMARTS) is 1. The molecular formula is C12H18N2O2S. The minimum atomic E-state index is -0.727. The minimum absolute atomic E-state index is 0.212. The molecule has 0 bridgehead atoms. The van der Waals surface area contributed by atoms with Gasteiger partial charge in [-0.3, -0.25) is 4.79 Å². The molecule has 1 aromatic rings. The fraction of sp³-hybridized carbons (Fsp3) is 0.667. The molecule has 1 aliphatic carbocycles. The number of hydrogen-bond acceptors (Lipinski definition) is 4. The van der Waals surface area contributed by atoms with Crippen molar-refractivity contribution in [2.75, 3.05) is 14.1 Å². The van der Waals surface area contributed by atoms with Gasteiger partial charge < -0.3 is 10.0 Å². The van der Waals surface area contributed by atoms with E-state index in [1.807, 2.05) is 14.1 Å². The van der Waals surface area contributed by atoms with Crippen molar-refractivity contribution in [3.05, 3.63) is 15.6 Å². The molecule has 1 fully saturated rings. The van der Waals surface area contributed by atoms with Gasteiger partial charge in [-0.25, -0.2) is 4.98 Å². The van der Waals surface area contributed by atoms with Crippen LogP contribution in [0.1, 0.15) is 40.8 Å². The Labute approximate surface area is 105 Å². The van der Waals surface area contributed by atoms with Crippen LogP contribution in [-0.4, -0.2) is 35.1 Å². The fourth-order valence-electron chi connectivity index (χ4n) is 1.83. The molecule has 4 nitrogen and oxygen atoms in total. The molecule has 0 radical (unpaired) electrons. The van der Waals surface area contributed by atoms with Crippen molar-refractivity contribution in [3.63, 3.8) is 0 Å². The zero-order valence-electron chi connectivity index (χ0n) is 10.3. The van der Waals surface area contributed by atoms with Crippen LogP contribution in [0.3, 0.4) is 0 Å². The highest BCUT2D eigenvalue weighted by atomic mass is 32.1. The lowest BCUT2D eigenvalue weighted by molar-refractivity contribution is -0.136. The van der Waals surface area contributed by atoms with Crippen LogP contribution < -0.4 is 0 Å². The summed E-state index contributed by atoms with van der Waals surface area (Å²) in [5, 5.41) is 9.86. The highest BCUT2D eigenvalue weighted by Crippen LogP contribution is 2.43. The van der Waals surface area contributed by atoms with Crippen LogP contribution in [0, 0.1) is 0 Å². The number of hydrogen-bond donors (Lipinski definition) is 1. The van der Waals surface area contributed by atoms with E-state index in [4.69, 9.17) is 5.11 Å². The largest absolute Gasteiger partial charge is 0.481 e. The maximum absolute atomic E-state index is 10.6. The van der Waals surface area contributed by atoms with Crippen LogP contribution in [0.25, 0.3) is 0 Å². The Kier molecular flexibility index (Phi) is 3.79. The first kappa shape index (κ1) is 12.5. The highest BCUT2D eigenvalue weighted by Gasteiger charge is 2.29. The summed E-state index contributed by atoms with van der Waals surface area (Å²) in [5.74, 6) is -0.125. The molecule has 0 aromatic carbocycles. The molecule has 1 N–H and O–H groups in total. The Morgan fingerprint density at radius 1 is 1.53 bits per heavy atom. The van der Waals surface area contributed by atoms with E-state index < -0.39 is 5.97 Å². The van der Waals surface area contributed by atoms with E-state index in [0.717, 1.165) is 11.6 Å². The summed E-state index contributed by atoms with van der Waals surface area (Å²) < 4.78 is 0. The molecule has 0 atom stereocenters. The van der Waals surface area contributed by atoms with Gasteiger partial charge in [-0.15, -0.1) is 11.3 Å². The number of carboxylic acids is 1. The maximum atomic E-state index is 10.6. The van der Waals surface area contributed by atoms with Gasteiger partial charge in [-0.2, -0.15) is 0 Å². The van der Waals surface area contributed by atoms with Crippen LogP contribution >= 0.6 is 11.3 Å². The van der Waals surface area contributed by atoms with E-state index in [-0.39, 0.29) is 6.42 Å². The normalized spacial score (nSPS) is 15.5. The molecule has 0 saturated heterocycles. The average Bonchev–Trinajstić information content (AvgIpc) is 2.98. The molecular weight excluding hydrogens is 236 g/mol. The molecule has 1 aliphatic rings. The predicted octanol–water partition coefficient (Wildman–Crippen LogP) is 2.10. The maximum Gasteiger partial charge on any atom is 0.303 e. The van der Waals surface area contributed by atoms with E-state index in [2.05, 4.69) is 9.88 Å². The highest BCUT2D eigenvalue weighted by molar-refractivity contribution is 7.11. The molecule has 0 aliphatic heterocycles. The third kappa shape index (κ3) is 3.51. The van der Waals surface area contributed by atoms with E-state index in [1.54, 1.807) is 11.3 Å². The summed E-state index contributed by atoms with van der Waals surface area (Å²) >= 11 is 1.68. The Morgan fingerprint density at radius 3 is 2.76 bits per heavy atom. The molecule has 1 aromatic heterocycles. The van der Waals surface area contributed by atoms with Gasteiger partial charge in [0.05, 0.1) is 12.1 Å². The molecule has 5 heteroatoms. The van der Waals surface area contributed by atoms with Crippen molar-refractivity contribution in [2.45, 2.75) is 38.1 Å². The van der Waals surface area contributed by atoms with Crippen LogP contribution in [0.15, 0.2) is 0 Å². The lowest BCUT2D eigenvalue weighted by Gasteiger charge is -2.04. The van der Waals surface area contributed by atoms with Crippen molar-refractivity contribution < 1.29 is 9.90 Å². The molecule has 0 amide bonds. The summed E-state index contributed by atoms with van der Waals surface area (Å²) in [4.78, 5) is 18.6. The summed E-state index contributed by atoms with van der Waals surface area (Å²) in [6.45, 7) is 0.845. The average molecular weight is 254 g/mol. The number of carbonyl (C=O) groups is 1. The molecule has 1 heterocycles. The van der Waals surface area contributed by atoms with Gasteiger partial charge in [0.15, 0.2) is 0 Å². The van der Waals surface area contributed by atoms with Crippen LogP contribution in [0.4, 0.5) is 0 Å². The standard InChI is InChI=1S/C12H18N2O2S/c1-14(2)7-10-13-12(8-3-4-8)9(17-10)5-6-11(15)16/h8H,3-7H2,1-2H3,(H,15,16). The molecule has 0 spiro atoms. The number of thiazole rings is 1. The van der Waals surface area contributed by atoms with E-state index in [1.165, 1.54) is 23.4 Å². The summed E-state index contributed by atoms with van der Waals surface area (Å²) in [7, 11) is 4.05. The smallest absolute Gasteiger partial charge is 0.303 e. The van der Waals surface area contributed by atoms with Gasteiger partial charge in [0, 0.05) is 17.3 Å². The predicted molar refractivity (Wildman–Crippen MR) is 67.4 cm³/mol. The van der Waals surface area contributed by atoms with Crippen molar-refractivity contribution in [1.82, 2.24) is 9.88 Å². The van der Waals surface area contributed by atoms with Crippen molar-refractivity contribution in [2.24, 2.45) is 0 Å². The second kappa shape index (κ2) is 5.14. The van der Waals surface area contributed by atoms with Gasteiger partial charge in [0.2, 0.25) is 0 Å². The van der Waals surface area contributed by atoms with E-state index in [0.29, 0.717) is 12.3 Å². The number of nitrogens with zero attached hydrogens (tertiary/aromatic N) is 2. The minimum Gasteiger partial charge on any atom is -0.481 e. The summed E-state index contributed by atoms with van der Waals surface area (Å²) in [6, 6.07) is 0. The lowest BCUT2D eigenvalue weighted by atomic mass is 10.2. The third-order valence-corrected chi connectivity index (χ3v) is 3.87. The summed E-state index contributed by atoms with van der Waals surface area (Å²) in [5.41, 5.74) is 1.17. The topological polar surface area (TPSA) is 53.4 Å². The van der Waals surface area contributed by atoms with E-state index >= 15 is 0 Å². The van der Waals surface area contributed by atoms with Gasteiger partial charge in [0.25, 0.3) is 0 Å². The van der Waals surface area contributed by atoms with Gasteiger partial charge >= 0.3 is 5.97 Å². The molecule has 2 rings (SSSR count). The monoisotopic (exact) mass is 254 g/mol. The number of aliphatic carboxylic acids is 1. The first-order valence-electron chi connectivity index (χ1n) is 5.91. The second-order valence-corrected chi connectivity index (χ2v) is 5.99. The Morgan fingerprint density at radius 2 is 2.24 bits per heavy atom. The fourth-order valence-corrected chi connectivity index (χ4v) is 3.10.